The van der Waals surface area contributed by atoms with E-state index in [4.69, 9.17) is 17.3 Å². The van der Waals surface area contributed by atoms with Gasteiger partial charge < -0.3 is 5.73 Å². The molecule has 19 heavy (non-hydrogen) atoms. The van der Waals surface area contributed by atoms with Gasteiger partial charge in [-0.05, 0) is 24.3 Å². The number of pyridine rings is 1. The van der Waals surface area contributed by atoms with Crippen LogP contribution in [0.3, 0.4) is 0 Å². The molecule has 2 N–H and O–H groups in total. The number of nitrogens with two attached hydrogens (primary N) is 1. The molecule has 0 saturated heterocycles. The molecule has 1 amide bonds. The van der Waals surface area contributed by atoms with Gasteiger partial charge in [-0.1, -0.05) is 23.7 Å². The number of aromatic nitrogens is 3. The van der Waals surface area contributed by atoms with E-state index >= 15 is 0 Å². The first-order valence-electron chi connectivity index (χ1n) is 5.55. The highest BCUT2D eigenvalue weighted by atomic mass is 35.5. The highest BCUT2D eigenvalue weighted by Crippen LogP contribution is 2.24. The summed E-state index contributed by atoms with van der Waals surface area (Å²) in [5.74, 6) is -0.532. The zero-order chi connectivity index (χ0) is 13.4. The number of primary amides is 1. The maximum Gasteiger partial charge on any atom is 0.252 e. The van der Waals surface area contributed by atoms with Gasteiger partial charge in [0.2, 0.25) is 0 Å². The third kappa shape index (κ3) is 1.94. The fourth-order valence-corrected chi connectivity index (χ4v) is 2.16. The molecule has 6 heteroatoms. The topological polar surface area (TPSA) is 73.3 Å². The molecule has 3 rings (SSSR count). The number of carbonyl (C=O) groups excluding carboxylic acids is 1. The van der Waals surface area contributed by atoms with Crippen molar-refractivity contribution >= 4 is 23.2 Å². The fraction of sp³-hybridized carbons (Fsp3) is 0. The molecule has 2 aromatic heterocycles. The summed E-state index contributed by atoms with van der Waals surface area (Å²) >= 11 is 5.98. The number of hydrogen-bond acceptors (Lipinski definition) is 3. The first kappa shape index (κ1) is 11.7. The fourth-order valence-electron chi connectivity index (χ4n) is 1.97. The monoisotopic (exact) mass is 272 g/mol. The molecule has 0 spiro atoms. The zero-order valence-electron chi connectivity index (χ0n) is 9.75. The van der Waals surface area contributed by atoms with Crippen LogP contribution in [0.5, 0.6) is 0 Å². The van der Waals surface area contributed by atoms with E-state index in [-0.39, 0.29) is 0 Å². The van der Waals surface area contributed by atoms with Gasteiger partial charge in [0.25, 0.3) is 5.91 Å². The van der Waals surface area contributed by atoms with Crippen molar-refractivity contribution in [1.82, 2.24) is 14.6 Å². The summed E-state index contributed by atoms with van der Waals surface area (Å²) in [6.45, 7) is 0. The Hall–Kier alpha value is -2.40. The first-order valence-corrected chi connectivity index (χ1v) is 5.93. The minimum absolute atomic E-state index is 0.336. The van der Waals surface area contributed by atoms with Crippen molar-refractivity contribution in [1.29, 1.82) is 0 Å². The predicted molar refractivity (Wildman–Crippen MR) is 72.0 cm³/mol. The molecule has 3 aromatic rings. The first-order chi connectivity index (χ1) is 9.16. The van der Waals surface area contributed by atoms with Gasteiger partial charge in [-0.2, -0.15) is 5.10 Å². The van der Waals surface area contributed by atoms with E-state index in [0.717, 1.165) is 11.3 Å². The minimum atomic E-state index is -0.532. The lowest BCUT2D eigenvalue weighted by molar-refractivity contribution is 0.100. The van der Waals surface area contributed by atoms with E-state index in [1.54, 1.807) is 22.7 Å². The van der Waals surface area contributed by atoms with Gasteiger partial charge in [0.15, 0.2) is 5.65 Å². The molecule has 0 fully saturated rings. The van der Waals surface area contributed by atoms with Crippen LogP contribution in [-0.2, 0) is 0 Å². The normalized spacial score (nSPS) is 10.8. The second-order valence-electron chi connectivity index (χ2n) is 4.00. The number of fused-ring (bicyclic) bond motifs is 1. The van der Waals surface area contributed by atoms with Crippen LogP contribution >= 0.6 is 11.6 Å². The molecule has 0 bridgehead atoms. The predicted octanol–water partition coefficient (Wildman–Crippen LogP) is 2.15. The summed E-state index contributed by atoms with van der Waals surface area (Å²) in [5, 5.41) is 4.75. The van der Waals surface area contributed by atoms with Crippen LogP contribution in [0.2, 0.25) is 5.02 Å². The van der Waals surface area contributed by atoms with Crippen molar-refractivity contribution in [3.8, 4) is 11.3 Å². The van der Waals surface area contributed by atoms with Crippen LogP contribution in [0, 0.1) is 0 Å². The lowest BCUT2D eigenvalue weighted by atomic mass is 10.1. The maximum atomic E-state index is 11.3. The third-order valence-electron chi connectivity index (χ3n) is 2.81. The Kier molecular flexibility index (Phi) is 2.68. The molecule has 0 aliphatic rings. The Bertz CT molecular complexity index is 781. The molecule has 2 heterocycles. The van der Waals surface area contributed by atoms with Crippen LogP contribution in [-0.4, -0.2) is 20.5 Å². The highest BCUT2D eigenvalue weighted by molar-refractivity contribution is 6.30. The lowest BCUT2D eigenvalue weighted by Crippen LogP contribution is -2.13. The molecule has 1 aromatic carbocycles. The van der Waals surface area contributed by atoms with Crippen LogP contribution in [0.25, 0.3) is 16.9 Å². The van der Waals surface area contributed by atoms with Gasteiger partial charge in [-0.15, -0.1) is 0 Å². The standard InChI is InChI=1S/C13H9ClN4O/c14-9-3-1-2-8(6-9)11-5-4-10(12(15)19)13-16-7-17-18(11)13/h1-7H,(H2,15,19). The molecule has 94 valence electrons. The second-order valence-corrected chi connectivity index (χ2v) is 4.44. The lowest BCUT2D eigenvalue weighted by Gasteiger charge is -2.06. The van der Waals surface area contributed by atoms with Crippen molar-refractivity contribution in [2.75, 3.05) is 0 Å². The number of hydrogen-bond donors (Lipinski definition) is 1. The summed E-state index contributed by atoms with van der Waals surface area (Å²) in [4.78, 5) is 15.4. The largest absolute Gasteiger partial charge is 0.365 e. The van der Waals surface area contributed by atoms with Crippen LogP contribution in [0.1, 0.15) is 10.4 Å². The van der Waals surface area contributed by atoms with E-state index in [1.165, 1.54) is 6.33 Å². The second kappa shape index (κ2) is 4.37. The Labute approximate surface area is 113 Å². The maximum absolute atomic E-state index is 11.3. The van der Waals surface area contributed by atoms with Crippen LogP contribution < -0.4 is 5.73 Å². The van der Waals surface area contributed by atoms with E-state index in [0.29, 0.717) is 16.2 Å². The average molecular weight is 273 g/mol. The molecule has 0 unspecified atom stereocenters. The molecule has 0 saturated carbocycles. The molecule has 0 radical (unpaired) electrons. The molecule has 5 nitrogen and oxygen atoms in total. The zero-order valence-corrected chi connectivity index (χ0v) is 10.5. The Morgan fingerprint density at radius 1 is 1.26 bits per heavy atom. The van der Waals surface area contributed by atoms with Gasteiger partial charge in [0.1, 0.15) is 6.33 Å². The molecule has 0 aliphatic heterocycles. The van der Waals surface area contributed by atoms with Crippen molar-refractivity contribution in [3.05, 3.63) is 53.3 Å². The third-order valence-corrected chi connectivity index (χ3v) is 3.05. The number of halogens is 1. The summed E-state index contributed by atoms with van der Waals surface area (Å²) in [5.41, 5.74) is 7.76. The summed E-state index contributed by atoms with van der Waals surface area (Å²) < 4.78 is 1.58. The van der Waals surface area contributed by atoms with E-state index in [2.05, 4.69) is 10.1 Å². The smallest absolute Gasteiger partial charge is 0.252 e. The van der Waals surface area contributed by atoms with E-state index in [9.17, 15) is 4.79 Å². The van der Waals surface area contributed by atoms with Crippen molar-refractivity contribution < 1.29 is 4.79 Å². The van der Waals surface area contributed by atoms with Gasteiger partial charge >= 0.3 is 0 Å². The molecule has 0 aliphatic carbocycles. The summed E-state index contributed by atoms with van der Waals surface area (Å²) in [7, 11) is 0. The number of carbonyl (C=O) groups is 1. The van der Waals surface area contributed by atoms with Gasteiger partial charge in [0, 0.05) is 10.6 Å². The Balaban J connectivity index is 2.29. The number of amides is 1. The molecule has 0 atom stereocenters. The quantitative estimate of drug-likeness (QED) is 0.777. The van der Waals surface area contributed by atoms with Gasteiger partial charge in [-0.3, -0.25) is 4.79 Å². The van der Waals surface area contributed by atoms with Crippen molar-refractivity contribution in [2.45, 2.75) is 0 Å². The van der Waals surface area contributed by atoms with Gasteiger partial charge in [0.05, 0.1) is 11.3 Å². The highest BCUT2D eigenvalue weighted by Gasteiger charge is 2.13. The van der Waals surface area contributed by atoms with Gasteiger partial charge in [-0.25, -0.2) is 9.50 Å². The minimum Gasteiger partial charge on any atom is -0.365 e. The number of rotatable bonds is 2. The average Bonchev–Trinajstić information content (AvgIpc) is 2.86. The van der Waals surface area contributed by atoms with Crippen LogP contribution in [0.15, 0.2) is 42.7 Å². The Morgan fingerprint density at radius 3 is 2.84 bits per heavy atom. The number of nitrogens with zero attached hydrogens (tertiary/aromatic N) is 3. The van der Waals surface area contributed by atoms with Crippen LogP contribution in [0.4, 0.5) is 0 Å². The Morgan fingerprint density at radius 2 is 2.11 bits per heavy atom. The van der Waals surface area contributed by atoms with Crippen molar-refractivity contribution in [3.63, 3.8) is 0 Å². The molecular formula is C13H9ClN4O. The van der Waals surface area contributed by atoms with E-state index in [1.807, 2.05) is 18.2 Å². The summed E-state index contributed by atoms with van der Waals surface area (Å²) in [6, 6.07) is 10.8. The SMILES string of the molecule is NC(=O)c1ccc(-c2cccc(Cl)c2)n2ncnc12. The van der Waals surface area contributed by atoms with Crippen molar-refractivity contribution in [2.24, 2.45) is 5.73 Å². The summed E-state index contributed by atoms with van der Waals surface area (Å²) in [6.07, 6.45) is 1.38. The molecular weight excluding hydrogens is 264 g/mol. The van der Waals surface area contributed by atoms with E-state index < -0.39 is 5.91 Å². The number of benzene rings is 1.